The van der Waals surface area contributed by atoms with Crippen LogP contribution in [0, 0.1) is 6.92 Å². The maximum Gasteiger partial charge on any atom is 0.252 e. The summed E-state index contributed by atoms with van der Waals surface area (Å²) in [5.74, 6) is -0.0398. The molecule has 0 aliphatic rings. The number of carbonyl (C=O) groups is 1. The minimum absolute atomic E-state index is 0.0314. The molecule has 0 aromatic carbocycles. The molecule has 0 aliphatic heterocycles. The summed E-state index contributed by atoms with van der Waals surface area (Å²) >= 11 is 1.52. The second-order valence-electron chi connectivity index (χ2n) is 4.02. The SMILES string of the molecule is Cc1c([C@@H](C)NC(=O)c2ccsc2)cnn1C. The van der Waals surface area contributed by atoms with E-state index in [1.807, 2.05) is 42.4 Å². The van der Waals surface area contributed by atoms with Crippen molar-refractivity contribution in [2.45, 2.75) is 19.9 Å². The van der Waals surface area contributed by atoms with Crippen LogP contribution in [0.2, 0.25) is 0 Å². The second-order valence-corrected chi connectivity index (χ2v) is 4.80. The Morgan fingerprint density at radius 1 is 1.59 bits per heavy atom. The summed E-state index contributed by atoms with van der Waals surface area (Å²) in [6.45, 7) is 3.96. The lowest BCUT2D eigenvalue weighted by Crippen LogP contribution is -2.26. The Morgan fingerprint density at radius 3 is 2.88 bits per heavy atom. The highest BCUT2D eigenvalue weighted by Crippen LogP contribution is 2.17. The van der Waals surface area contributed by atoms with E-state index in [4.69, 9.17) is 0 Å². The Morgan fingerprint density at radius 2 is 2.35 bits per heavy atom. The number of carbonyl (C=O) groups excluding carboxylic acids is 1. The van der Waals surface area contributed by atoms with Crippen LogP contribution in [0.5, 0.6) is 0 Å². The Hall–Kier alpha value is -1.62. The summed E-state index contributed by atoms with van der Waals surface area (Å²) in [5.41, 5.74) is 2.84. The van der Waals surface area contributed by atoms with E-state index in [1.165, 1.54) is 11.3 Å². The number of nitrogens with zero attached hydrogens (tertiary/aromatic N) is 2. The maximum atomic E-state index is 11.9. The molecule has 0 radical (unpaired) electrons. The average molecular weight is 249 g/mol. The third-order valence-electron chi connectivity index (χ3n) is 2.87. The number of amides is 1. The highest BCUT2D eigenvalue weighted by Gasteiger charge is 2.15. The maximum absolute atomic E-state index is 11.9. The van der Waals surface area contributed by atoms with Gasteiger partial charge in [-0.05, 0) is 25.3 Å². The van der Waals surface area contributed by atoms with Gasteiger partial charge < -0.3 is 5.32 Å². The van der Waals surface area contributed by atoms with E-state index in [1.54, 1.807) is 6.20 Å². The lowest BCUT2D eigenvalue weighted by atomic mass is 10.1. The first-order chi connectivity index (χ1) is 8.09. The van der Waals surface area contributed by atoms with E-state index in [9.17, 15) is 4.79 Å². The first kappa shape index (κ1) is 11.9. The highest BCUT2D eigenvalue weighted by molar-refractivity contribution is 7.08. The molecule has 0 fully saturated rings. The number of aromatic nitrogens is 2. The van der Waals surface area contributed by atoms with Crippen LogP contribution in [0.15, 0.2) is 23.0 Å². The van der Waals surface area contributed by atoms with Crippen LogP contribution < -0.4 is 5.32 Å². The van der Waals surface area contributed by atoms with Gasteiger partial charge in [-0.3, -0.25) is 9.48 Å². The van der Waals surface area contributed by atoms with Crippen molar-refractivity contribution >= 4 is 17.2 Å². The molecule has 1 atom stereocenters. The quantitative estimate of drug-likeness (QED) is 0.907. The molecule has 0 bridgehead atoms. The van der Waals surface area contributed by atoms with Gasteiger partial charge in [-0.1, -0.05) is 0 Å². The molecule has 0 aliphatic carbocycles. The van der Waals surface area contributed by atoms with Crippen molar-refractivity contribution in [2.24, 2.45) is 7.05 Å². The predicted octanol–water partition coefficient (Wildman–Crippen LogP) is 2.28. The summed E-state index contributed by atoms with van der Waals surface area (Å²) in [4.78, 5) is 11.9. The van der Waals surface area contributed by atoms with Gasteiger partial charge in [0.2, 0.25) is 0 Å². The second kappa shape index (κ2) is 4.71. The minimum Gasteiger partial charge on any atom is -0.345 e. The van der Waals surface area contributed by atoms with Gasteiger partial charge in [0.25, 0.3) is 5.91 Å². The third-order valence-corrected chi connectivity index (χ3v) is 3.55. The zero-order valence-electron chi connectivity index (χ0n) is 10.1. The Labute approximate surface area is 104 Å². The lowest BCUT2D eigenvalue weighted by Gasteiger charge is -2.13. The van der Waals surface area contributed by atoms with Crippen molar-refractivity contribution in [2.75, 3.05) is 0 Å². The molecule has 0 spiro atoms. The Balaban J connectivity index is 2.10. The normalized spacial score (nSPS) is 12.4. The lowest BCUT2D eigenvalue weighted by molar-refractivity contribution is 0.0940. The van der Waals surface area contributed by atoms with Gasteiger partial charge in [0.15, 0.2) is 0 Å². The van der Waals surface area contributed by atoms with Crippen molar-refractivity contribution in [3.8, 4) is 0 Å². The Bertz CT molecular complexity index is 516. The standard InChI is InChI=1S/C12H15N3OS/c1-8(11-6-13-15(3)9(11)2)14-12(16)10-4-5-17-7-10/h4-8H,1-3H3,(H,14,16)/t8-/m1/s1. The van der Waals surface area contributed by atoms with E-state index < -0.39 is 0 Å². The molecule has 5 heteroatoms. The molecule has 2 heterocycles. The summed E-state index contributed by atoms with van der Waals surface area (Å²) in [7, 11) is 1.90. The van der Waals surface area contributed by atoms with E-state index in [0.29, 0.717) is 5.56 Å². The van der Waals surface area contributed by atoms with E-state index in [2.05, 4.69) is 10.4 Å². The van der Waals surface area contributed by atoms with Crippen LogP contribution >= 0.6 is 11.3 Å². The minimum atomic E-state index is -0.0398. The fourth-order valence-corrected chi connectivity index (χ4v) is 2.33. The van der Waals surface area contributed by atoms with Gasteiger partial charge in [0.1, 0.15) is 0 Å². The van der Waals surface area contributed by atoms with Crippen molar-refractivity contribution in [3.05, 3.63) is 39.8 Å². The summed E-state index contributed by atoms with van der Waals surface area (Å²) in [6, 6.07) is 1.79. The molecular formula is C12H15N3OS. The van der Waals surface area contributed by atoms with Crippen LogP contribution in [-0.4, -0.2) is 15.7 Å². The van der Waals surface area contributed by atoms with Gasteiger partial charge in [0.05, 0.1) is 17.8 Å². The highest BCUT2D eigenvalue weighted by atomic mass is 32.1. The van der Waals surface area contributed by atoms with Gasteiger partial charge in [-0.15, -0.1) is 0 Å². The number of hydrogen-bond donors (Lipinski definition) is 1. The fraction of sp³-hybridized carbons (Fsp3) is 0.333. The summed E-state index contributed by atoms with van der Waals surface area (Å²) in [6.07, 6.45) is 1.80. The smallest absolute Gasteiger partial charge is 0.252 e. The molecule has 0 unspecified atom stereocenters. The molecule has 0 saturated carbocycles. The summed E-state index contributed by atoms with van der Waals surface area (Å²) in [5, 5.41) is 10.9. The van der Waals surface area contributed by atoms with E-state index in [-0.39, 0.29) is 11.9 Å². The van der Waals surface area contributed by atoms with Crippen LogP contribution in [0.4, 0.5) is 0 Å². The molecule has 1 N–H and O–H groups in total. The van der Waals surface area contributed by atoms with Gasteiger partial charge in [-0.25, -0.2) is 0 Å². The third kappa shape index (κ3) is 2.39. The van der Waals surface area contributed by atoms with Crippen molar-refractivity contribution in [3.63, 3.8) is 0 Å². The average Bonchev–Trinajstić information content (AvgIpc) is 2.90. The number of nitrogens with one attached hydrogen (secondary N) is 1. The topological polar surface area (TPSA) is 46.9 Å². The molecule has 2 aromatic rings. The van der Waals surface area contributed by atoms with Gasteiger partial charge >= 0.3 is 0 Å². The molecule has 0 saturated heterocycles. The molecule has 1 amide bonds. The molecule has 4 nitrogen and oxygen atoms in total. The molecular weight excluding hydrogens is 234 g/mol. The number of hydrogen-bond acceptors (Lipinski definition) is 3. The van der Waals surface area contributed by atoms with Crippen molar-refractivity contribution in [1.29, 1.82) is 0 Å². The van der Waals surface area contributed by atoms with Crippen LogP contribution in [0.1, 0.15) is 34.6 Å². The van der Waals surface area contributed by atoms with E-state index >= 15 is 0 Å². The van der Waals surface area contributed by atoms with Gasteiger partial charge in [-0.2, -0.15) is 16.4 Å². The number of thiophene rings is 1. The largest absolute Gasteiger partial charge is 0.345 e. The molecule has 90 valence electrons. The molecule has 2 rings (SSSR count). The zero-order chi connectivity index (χ0) is 12.4. The van der Waals surface area contributed by atoms with Gasteiger partial charge in [0, 0.05) is 23.7 Å². The van der Waals surface area contributed by atoms with Crippen LogP contribution in [0.25, 0.3) is 0 Å². The molecule has 17 heavy (non-hydrogen) atoms. The number of aryl methyl sites for hydroxylation is 1. The van der Waals surface area contributed by atoms with Crippen LogP contribution in [-0.2, 0) is 7.05 Å². The van der Waals surface area contributed by atoms with Crippen LogP contribution in [0.3, 0.4) is 0 Å². The van der Waals surface area contributed by atoms with Crippen molar-refractivity contribution < 1.29 is 4.79 Å². The Kier molecular flexibility index (Phi) is 3.28. The van der Waals surface area contributed by atoms with Crippen molar-refractivity contribution in [1.82, 2.24) is 15.1 Å². The number of rotatable bonds is 3. The predicted molar refractivity (Wildman–Crippen MR) is 68.1 cm³/mol. The molecule has 2 aromatic heterocycles. The monoisotopic (exact) mass is 249 g/mol. The summed E-state index contributed by atoms with van der Waals surface area (Å²) < 4.78 is 1.81. The fourth-order valence-electron chi connectivity index (χ4n) is 1.69. The first-order valence-electron chi connectivity index (χ1n) is 5.41. The van der Waals surface area contributed by atoms with E-state index in [0.717, 1.165) is 11.3 Å². The zero-order valence-corrected chi connectivity index (χ0v) is 10.9. The first-order valence-corrected chi connectivity index (χ1v) is 6.35.